The second-order valence-electron chi connectivity index (χ2n) is 11.6. The van der Waals surface area contributed by atoms with Crippen molar-refractivity contribution in [1.29, 1.82) is 0 Å². The van der Waals surface area contributed by atoms with E-state index in [1.807, 2.05) is 28.7 Å². The minimum Gasteiger partial charge on any atom is -0.543 e. The SMILES string of the molecule is CC(COCCO)OCCn1cc(-c2nn(C3CCCCO3)c3ccc(O[Si](C)(C)C(C)(C)C)cc23)cn1. The number of ether oxygens (including phenoxy) is 3. The molecule has 0 saturated carbocycles. The molecule has 38 heavy (non-hydrogen) atoms. The number of fused-ring (bicyclic) bond motifs is 1. The predicted octanol–water partition coefficient (Wildman–Crippen LogP) is 5.40. The van der Waals surface area contributed by atoms with Crippen molar-refractivity contribution in [3.8, 4) is 17.0 Å². The van der Waals surface area contributed by atoms with Crippen molar-refractivity contribution in [2.24, 2.45) is 0 Å². The van der Waals surface area contributed by atoms with Crippen LogP contribution in [0.4, 0.5) is 0 Å². The molecule has 1 aliphatic heterocycles. The first-order chi connectivity index (χ1) is 18.1. The normalized spacial score (nSPS) is 17.7. The van der Waals surface area contributed by atoms with Gasteiger partial charge in [-0.05, 0) is 62.5 Å². The summed E-state index contributed by atoms with van der Waals surface area (Å²) in [5.41, 5.74) is 2.88. The number of nitrogens with zero attached hydrogens (tertiary/aromatic N) is 4. The van der Waals surface area contributed by atoms with E-state index in [0.29, 0.717) is 26.4 Å². The summed E-state index contributed by atoms with van der Waals surface area (Å²) in [5, 5.41) is 19.6. The monoisotopic (exact) mass is 544 g/mol. The van der Waals surface area contributed by atoms with Crippen LogP contribution in [0, 0.1) is 0 Å². The Balaban J connectivity index is 1.58. The maximum atomic E-state index is 8.84. The average molecular weight is 545 g/mol. The van der Waals surface area contributed by atoms with Crippen LogP contribution in [0.25, 0.3) is 22.2 Å². The van der Waals surface area contributed by atoms with Crippen molar-refractivity contribution < 1.29 is 23.7 Å². The Bertz CT molecular complexity index is 1180. The van der Waals surface area contributed by atoms with E-state index in [2.05, 4.69) is 57.2 Å². The minimum absolute atomic E-state index is 0.0179. The number of aliphatic hydroxyl groups excluding tert-OH is 1. The Morgan fingerprint density at radius 3 is 2.74 bits per heavy atom. The van der Waals surface area contributed by atoms with Gasteiger partial charge in [0.15, 0.2) is 6.23 Å². The van der Waals surface area contributed by atoms with E-state index in [1.54, 1.807) is 0 Å². The van der Waals surface area contributed by atoms with Crippen molar-refractivity contribution in [1.82, 2.24) is 19.6 Å². The number of hydrogen-bond donors (Lipinski definition) is 1. The molecule has 0 spiro atoms. The Morgan fingerprint density at radius 2 is 2.03 bits per heavy atom. The predicted molar refractivity (Wildman–Crippen MR) is 151 cm³/mol. The smallest absolute Gasteiger partial charge is 0.250 e. The topological polar surface area (TPSA) is 92.8 Å². The third-order valence-electron chi connectivity index (χ3n) is 7.50. The van der Waals surface area contributed by atoms with Gasteiger partial charge in [-0.1, -0.05) is 20.8 Å². The van der Waals surface area contributed by atoms with E-state index in [-0.39, 0.29) is 24.0 Å². The Hall–Kier alpha value is -2.24. The summed E-state index contributed by atoms with van der Waals surface area (Å²) in [5.74, 6) is 0.882. The third-order valence-corrected chi connectivity index (χ3v) is 11.9. The van der Waals surface area contributed by atoms with E-state index >= 15 is 0 Å². The number of rotatable bonds is 12. The van der Waals surface area contributed by atoms with Crippen molar-refractivity contribution in [2.45, 2.75) is 84.0 Å². The molecule has 3 aromatic rings. The van der Waals surface area contributed by atoms with Crippen LogP contribution in [0.5, 0.6) is 5.75 Å². The Kier molecular flexibility index (Phi) is 9.30. The third kappa shape index (κ3) is 6.84. The molecule has 1 N–H and O–H groups in total. The summed E-state index contributed by atoms with van der Waals surface area (Å²) in [4.78, 5) is 0. The molecule has 1 fully saturated rings. The van der Waals surface area contributed by atoms with Gasteiger partial charge in [0.2, 0.25) is 8.32 Å². The van der Waals surface area contributed by atoms with Crippen molar-refractivity contribution >= 4 is 19.2 Å². The molecule has 10 heteroatoms. The summed E-state index contributed by atoms with van der Waals surface area (Å²) < 4.78 is 27.8. The fourth-order valence-electron chi connectivity index (χ4n) is 4.30. The number of aliphatic hydroxyl groups is 1. The van der Waals surface area contributed by atoms with Gasteiger partial charge in [-0.3, -0.25) is 4.68 Å². The minimum atomic E-state index is -1.99. The molecule has 210 valence electrons. The van der Waals surface area contributed by atoms with E-state index in [9.17, 15) is 0 Å². The molecule has 1 saturated heterocycles. The van der Waals surface area contributed by atoms with Gasteiger partial charge in [0.1, 0.15) is 11.4 Å². The molecular weight excluding hydrogens is 500 g/mol. The lowest BCUT2D eigenvalue weighted by Crippen LogP contribution is -2.43. The van der Waals surface area contributed by atoms with Crippen LogP contribution in [0.1, 0.15) is 53.2 Å². The fraction of sp³-hybridized carbons (Fsp3) is 0.643. The van der Waals surface area contributed by atoms with Gasteiger partial charge in [-0.2, -0.15) is 10.2 Å². The van der Waals surface area contributed by atoms with Crippen LogP contribution in [0.15, 0.2) is 30.6 Å². The molecule has 0 aliphatic carbocycles. The molecule has 3 heterocycles. The average Bonchev–Trinajstić information content (AvgIpc) is 3.48. The molecular formula is C28H44N4O5Si. The second kappa shape index (κ2) is 12.3. The highest BCUT2D eigenvalue weighted by molar-refractivity contribution is 6.74. The molecule has 2 aromatic heterocycles. The second-order valence-corrected chi connectivity index (χ2v) is 16.4. The molecule has 9 nitrogen and oxygen atoms in total. The van der Waals surface area contributed by atoms with Crippen LogP contribution in [0.3, 0.4) is 0 Å². The van der Waals surface area contributed by atoms with Crippen LogP contribution in [-0.2, 0) is 20.8 Å². The highest BCUT2D eigenvalue weighted by Gasteiger charge is 2.39. The van der Waals surface area contributed by atoms with Gasteiger partial charge in [0.05, 0.1) is 50.8 Å². The zero-order valence-corrected chi connectivity index (χ0v) is 24.8. The largest absolute Gasteiger partial charge is 0.543 e. The van der Waals surface area contributed by atoms with E-state index < -0.39 is 8.32 Å². The van der Waals surface area contributed by atoms with Gasteiger partial charge in [0.25, 0.3) is 0 Å². The van der Waals surface area contributed by atoms with Gasteiger partial charge in [0, 0.05) is 23.8 Å². The quantitative estimate of drug-likeness (QED) is 0.241. The number of hydrogen-bond acceptors (Lipinski definition) is 7. The van der Waals surface area contributed by atoms with Gasteiger partial charge in [-0.25, -0.2) is 4.68 Å². The number of benzene rings is 1. The highest BCUT2D eigenvalue weighted by atomic mass is 28.4. The first kappa shape index (κ1) is 28.8. The molecule has 2 atom stereocenters. The van der Waals surface area contributed by atoms with Crippen LogP contribution < -0.4 is 4.43 Å². The Morgan fingerprint density at radius 1 is 1.21 bits per heavy atom. The van der Waals surface area contributed by atoms with Gasteiger partial charge >= 0.3 is 0 Å². The highest BCUT2D eigenvalue weighted by Crippen LogP contribution is 2.39. The van der Waals surface area contributed by atoms with Gasteiger partial charge < -0.3 is 23.7 Å². The van der Waals surface area contributed by atoms with Crippen LogP contribution in [-0.4, -0.2) is 72.1 Å². The maximum absolute atomic E-state index is 8.84. The lowest BCUT2D eigenvalue weighted by atomic mass is 10.1. The molecule has 4 rings (SSSR count). The van der Waals surface area contributed by atoms with E-state index in [0.717, 1.165) is 53.8 Å². The van der Waals surface area contributed by atoms with Crippen LogP contribution in [0.2, 0.25) is 18.1 Å². The summed E-state index contributed by atoms with van der Waals surface area (Å²) in [6.07, 6.45) is 6.95. The molecule has 0 radical (unpaired) electrons. The zero-order chi connectivity index (χ0) is 27.3. The summed E-state index contributed by atoms with van der Waals surface area (Å²) in [6, 6.07) is 6.32. The lowest BCUT2D eigenvalue weighted by Gasteiger charge is -2.36. The number of aromatic nitrogens is 4. The molecule has 1 aromatic carbocycles. The molecule has 2 unspecified atom stereocenters. The first-order valence-electron chi connectivity index (χ1n) is 13.7. The molecule has 0 bridgehead atoms. The maximum Gasteiger partial charge on any atom is 0.250 e. The molecule has 1 aliphatic rings. The fourth-order valence-corrected chi connectivity index (χ4v) is 5.32. The molecule has 0 amide bonds. The standard InChI is InChI=1S/C28H44N4O5Si/c1-21(20-34-16-13-33)35-15-12-31-19-22(18-29-31)27-24-17-23(37-38(5,6)28(2,3)4)10-11-25(24)32(30-27)26-9-7-8-14-36-26/h10-11,17-19,21,26,33H,7-9,12-16,20H2,1-6H3. The summed E-state index contributed by atoms with van der Waals surface area (Å²) in [6.45, 7) is 15.9. The van der Waals surface area contributed by atoms with Crippen LogP contribution >= 0.6 is 0 Å². The van der Waals surface area contributed by atoms with Crippen molar-refractivity contribution in [3.63, 3.8) is 0 Å². The van der Waals surface area contributed by atoms with Crippen molar-refractivity contribution in [3.05, 3.63) is 30.6 Å². The van der Waals surface area contributed by atoms with Gasteiger partial charge in [-0.15, -0.1) is 0 Å². The first-order valence-corrected chi connectivity index (χ1v) is 16.7. The van der Waals surface area contributed by atoms with E-state index in [1.165, 1.54) is 0 Å². The summed E-state index contributed by atoms with van der Waals surface area (Å²) in [7, 11) is -1.99. The summed E-state index contributed by atoms with van der Waals surface area (Å²) >= 11 is 0. The zero-order valence-electron chi connectivity index (χ0n) is 23.8. The Labute approximate surface area is 227 Å². The van der Waals surface area contributed by atoms with Crippen molar-refractivity contribution in [2.75, 3.05) is 33.0 Å². The van der Waals surface area contributed by atoms with E-state index in [4.69, 9.17) is 28.8 Å². The lowest BCUT2D eigenvalue weighted by molar-refractivity contribution is -0.0365.